The van der Waals surface area contributed by atoms with E-state index in [2.05, 4.69) is 13.8 Å². The highest BCUT2D eigenvalue weighted by molar-refractivity contribution is 8.04. The van der Waals surface area contributed by atoms with Crippen LogP contribution in [0.4, 0.5) is 0 Å². The lowest BCUT2D eigenvalue weighted by molar-refractivity contribution is -0.122. The second-order valence-corrected chi connectivity index (χ2v) is 6.45. The lowest BCUT2D eigenvalue weighted by Gasteiger charge is -2.36. The van der Waals surface area contributed by atoms with E-state index < -0.39 is 0 Å². The first kappa shape index (κ1) is 10.8. The van der Waals surface area contributed by atoms with Gasteiger partial charge in [-0.2, -0.15) is 0 Å². The monoisotopic (exact) mass is 224 g/mol. The van der Waals surface area contributed by atoms with Crippen LogP contribution in [0, 0.1) is 5.92 Å². The van der Waals surface area contributed by atoms with Crippen LogP contribution in [0.3, 0.4) is 0 Å². The number of ether oxygens (including phenoxy) is 1. The minimum absolute atomic E-state index is 0.0534. The predicted molar refractivity (Wildman–Crippen MR) is 62.6 cm³/mol. The van der Waals surface area contributed by atoms with Crippen molar-refractivity contribution in [1.29, 1.82) is 0 Å². The molecule has 1 aliphatic heterocycles. The van der Waals surface area contributed by atoms with Gasteiger partial charge in [0, 0.05) is 17.6 Å². The Balaban J connectivity index is 2.26. The number of methoxy groups -OCH3 is 1. The SMILES string of the molecule is COC1=CC=C2SC(C)(C)CC(=O)C2C1. The molecule has 0 radical (unpaired) electrons. The Kier molecular flexibility index (Phi) is 2.67. The predicted octanol–water partition coefficient (Wildman–Crippen LogP) is 2.91. The largest absolute Gasteiger partial charge is 0.501 e. The van der Waals surface area contributed by atoms with Gasteiger partial charge in [-0.25, -0.2) is 0 Å². The lowest BCUT2D eigenvalue weighted by atomic mass is 9.89. The summed E-state index contributed by atoms with van der Waals surface area (Å²) in [5.41, 5.74) is 0. The number of hydrogen-bond donors (Lipinski definition) is 0. The molecule has 0 spiro atoms. The Morgan fingerprint density at radius 3 is 2.87 bits per heavy atom. The van der Waals surface area contributed by atoms with Gasteiger partial charge < -0.3 is 4.74 Å². The van der Waals surface area contributed by atoms with Crippen molar-refractivity contribution in [2.75, 3.05) is 7.11 Å². The summed E-state index contributed by atoms with van der Waals surface area (Å²) in [7, 11) is 1.66. The van der Waals surface area contributed by atoms with Gasteiger partial charge in [0.25, 0.3) is 0 Å². The van der Waals surface area contributed by atoms with Gasteiger partial charge in [0.15, 0.2) is 0 Å². The second kappa shape index (κ2) is 3.71. The smallest absolute Gasteiger partial charge is 0.142 e. The third-order valence-corrected chi connectivity index (χ3v) is 4.18. The highest BCUT2D eigenvalue weighted by atomic mass is 32.2. The van der Waals surface area contributed by atoms with E-state index >= 15 is 0 Å². The first-order valence-electron chi connectivity index (χ1n) is 5.18. The summed E-state index contributed by atoms with van der Waals surface area (Å²) in [6, 6.07) is 0. The molecule has 82 valence electrons. The maximum atomic E-state index is 12.0. The van der Waals surface area contributed by atoms with Crippen LogP contribution in [-0.4, -0.2) is 17.6 Å². The van der Waals surface area contributed by atoms with E-state index in [1.165, 1.54) is 4.91 Å². The molecule has 0 aromatic rings. The van der Waals surface area contributed by atoms with Crippen molar-refractivity contribution in [1.82, 2.24) is 0 Å². The van der Waals surface area contributed by atoms with Gasteiger partial charge >= 0.3 is 0 Å². The van der Waals surface area contributed by atoms with Gasteiger partial charge in [0.05, 0.1) is 18.8 Å². The Morgan fingerprint density at radius 1 is 1.47 bits per heavy atom. The number of ketones is 1. The Bertz CT molecular complexity index is 353. The van der Waals surface area contributed by atoms with Crippen LogP contribution < -0.4 is 0 Å². The molecule has 1 atom stereocenters. The zero-order valence-corrected chi connectivity index (χ0v) is 10.2. The number of carbonyl (C=O) groups is 1. The number of allylic oxidation sites excluding steroid dienone is 4. The van der Waals surface area contributed by atoms with E-state index in [0.29, 0.717) is 12.2 Å². The first-order chi connectivity index (χ1) is 7.02. The lowest BCUT2D eigenvalue weighted by Crippen LogP contribution is -2.33. The topological polar surface area (TPSA) is 26.3 Å². The third kappa shape index (κ3) is 2.12. The van der Waals surface area contributed by atoms with Crippen molar-refractivity contribution in [2.24, 2.45) is 5.92 Å². The highest BCUT2D eigenvalue weighted by Crippen LogP contribution is 2.47. The molecule has 0 aromatic heterocycles. The van der Waals surface area contributed by atoms with Gasteiger partial charge in [0.1, 0.15) is 5.78 Å². The molecular weight excluding hydrogens is 208 g/mol. The van der Waals surface area contributed by atoms with Gasteiger partial charge in [0.2, 0.25) is 0 Å². The van der Waals surface area contributed by atoms with Crippen LogP contribution in [0.15, 0.2) is 22.8 Å². The van der Waals surface area contributed by atoms with Gasteiger partial charge in [-0.3, -0.25) is 4.79 Å². The summed E-state index contributed by atoms with van der Waals surface area (Å²) in [6.45, 7) is 4.25. The molecule has 0 bridgehead atoms. The minimum atomic E-state index is 0.0534. The molecule has 0 aromatic carbocycles. The molecule has 1 fully saturated rings. The number of Topliss-reactive ketones (excluding diaryl/α,β-unsaturated/α-hetero) is 1. The van der Waals surface area contributed by atoms with Crippen molar-refractivity contribution < 1.29 is 9.53 Å². The van der Waals surface area contributed by atoms with Crippen molar-refractivity contribution in [2.45, 2.75) is 31.4 Å². The fraction of sp³-hybridized carbons (Fsp3) is 0.583. The number of carbonyl (C=O) groups excluding carboxylic acids is 1. The van der Waals surface area contributed by atoms with E-state index in [1.54, 1.807) is 7.11 Å². The molecule has 0 amide bonds. The van der Waals surface area contributed by atoms with Crippen LogP contribution in [0.25, 0.3) is 0 Å². The maximum absolute atomic E-state index is 12.0. The Hall–Kier alpha value is -0.700. The quantitative estimate of drug-likeness (QED) is 0.685. The summed E-state index contributed by atoms with van der Waals surface area (Å²) < 4.78 is 5.25. The molecular formula is C12H16O2S. The van der Waals surface area contributed by atoms with E-state index in [0.717, 1.165) is 12.2 Å². The van der Waals surface area contributed by atoms with Crippen LogP contribution in [0.2, 0.25) is 0 Å². The van der Waals surface area contributed by atoms with Crippen LogP contribution in [0.1, 0.15) is 26.7 Å². The summed E-state index contributed by atoms with van der Waals surface area (Å²) in [5, 5.41) is 0. The average molecular weight is 224 g/mol. The molecule has 15 heavy (non-hydrogen) atoms. The fourth-order valence-electron chi connectivity index (χ4n) is 2.09. The molecule has 1 aliphatic carbocycles. The van der Waals surface area contributed by atoms with E-state index in [9.17, 15) is 4.79 Å². The number of hydrogen-bond acceptors (Lipinski definition) is 3. The minimum Gasteiger partial charge on any atom is -0.501 e. The average Bonchev–Trinajstić information content (AvgIpc) is 2.15. The third-order valence-electron chi connectivity index (χ3n) is 2.83. The normalized spacial score (nSPS) is 29.0. The standard InChI is InChI=1S/C12H16O2S/c1-12(2)7-10(13)9-6-8(14-3)4-5-11(9)15-12/h4-5,9H,6-7H2,1-3H3. The summed E-state index contributed by atoms with van der Waals surface area (Å²) in [6.07, 6.45) is 5.42. The summed E-state index contributed by atoms with van der Waals surface area (Å²) in [5.74, 6) is 1.33. The summed E-state index contributed by atoms with van der Waals surface area (Å²) >= 11 is 1.83. The Morgan fingerprint density at radius 2 is 2.20 bits per heavy atom. The molecule has 2 nitrogen and oxygen atoms in total. The number of thioether (sulfide) groups is 1. The first-order valence-corrected chi connectivity index (χ1v) is 6.00. The molecule has 3 heteroatoms. The zero-order chi connectivity index (χ0) is 11.1. The van der Waals surface area contributed by atoms with Crippen LogP contribution >= 0.6 is 11.8 Å². The van der Waals surface area contributed by atoms with Crippen molar-refractivity contribution in [3.05, 3.63) is 22.8 Å². The van der Waals surface area contributed by atoms with Crippen molar-refractivity contribution in [3.63, 3.8) is 0 Å². The Labute approximate surface area is 94.8 Å². The molecule has 1 unspecified atom stereocenters. The molecule has 2 aliphatic rings. The van der Waals surface area contributed by atoms with Gasteiger partial charge in [-0.05, 0) is 30.9 Å². The second-order valence-electron chi connectivity index (χ2n) is 4.67. The molecule has 1 saturated heterocycles. The number of rotatable bonds is 1. The van der Waals surface area contributed by atoms with E-state index in [4.69, 9.17) is 4.74 Å². The van der Waals surface area contributed by atoms with Gasteiger partial charge in [-0.1, -0.05) is 0 Å². The maximum Gasteiger partial charge on any atom is 0.142 e. The molecule has 1 heterocycles. The van der Waals surface area contributed by atoms with Crippen molar-refractivity contribution >= 4 is 17.5 Å². The summed E-state index contributed by atoms with van der Waals surface area (Å²) in [4.78, 5) is 13.2. The molecule has 0 N–H and O–H groups in total. The highest BCUT2D eigenvalue weighted by Gasteiger charge is 2.38. The van der Waals surface area contributed by atoms with Crippen LogP contribution in [0.5, 0.6) is 0 Å². The van der Waals surface area contributed by atoms with Crippen LogP contribution in [-0.2, 0) is 9.53 Å². The molecule has 0 saturated carbocycles. The van der Waals surface area contributed by atoms with E-state index in [-0.39, 0.29) is 10.7 Å². The van der Waals surface area contributed by atoms with E-state index in [1.807, 2.05) is 23.9 Å². The number of fused-ring (bicyclic) bond motifs is 1. The zero-order valence-electron chi connectivity index (χ0n) is 9.37. The van der Waals surface area contributed by atoms with Gasteiger partial charge in [-0.15, -0.1) is 11.8 Å². The van der Waals surface area contributed by atoms with Crippen molar-refractivity contribution in [3.8, 4) is 0 Å². The molecule has 2 rings (SSSR count). The fourth-order valence-corrected chi connectivity index (χ4v) is 3.43.